The van der Waals surface area contributed by atoms with E-state index >= 15 is 0 Å². The van der Waals surface area contributed by atoms with Crippen LogP contribution >= 0.6 is 0 Å². The Morgan fingerprint density at radius 1 is 1.40 bits per heavy atom. The van der Waals surface area contributed by atoms with Gasteiger partial charge >= 0.3 is 11.8 Å². The molecular weight excluding hydrogens is 258 g/mol. The van der Waals surface area contributed by atoms with E-state index in [1.165, 1.54) is 6.21 Å². The van der Waals surface area contributed by atoms with Gasteiger partial charge in [-0.25, -0.2) is 5.43 Å². The number of rotatable bonds is 5. The largest absolute Gasteiger partial charge is 0.497 e. The summed E-state index contributed by atoms with van der Waals surface area (Å²) in [7, 11) is 1.57. The lowest BCUT2D eigenvalue weighted by Crippen LogP contribution is -2.41. The van der Waals surface area contributed by atoms with Gasteiger partial charge in [0, 0.05) is 6.04 Å². The molecule has 6 heteroatoms. The minimum absolute atomic E-state index is 0.0457. The monoisotopic (exact) mass is 277 g/mol. The third-order valence-electron chi connectivity index (χ3n) is 2.67. The lowest BCUT2D eigenvalue weighted by molar-refractivity contribution is -0.139. The Kier molecular flexibility index (Phi) is 6.22. The van der Waals surface area contributed by atoms with Gasteiger partial charge in [-0.3, -0.25) is 9.59 Å². The zero-order valence-corrected chi connectivity index (χ0v) is 11.8. The maximum absolute atomic E-state index is 11.4. The highest BCUT2D eigenvalue weighted by Crippen LogP contribution is 2.10. The van der Waals surface area contributed by atoms with Crippen molar-refractivity contribution in [3.05, 3.63) is 29.8 Å². The lowest BCUT2D eigenvalue weighted by atomic mass is 10.2. The highest BCUT2D eigenvalue weighted by atomic mass is 16.5. The first-order valence-corrected chi connectivity index (χ1v) is 6.34. The van der Waals surface area contributed by atoms with E-state index in [-0.39, 0.29) is 6.04 Å². The van der Waals surface area contributed by atoms with Crippen LogP contribution < -0.4 is 15.5 Å². The number of hydrazone groups is 1. The molecule has 0 aliphatic carbocycles. The zero-order valence-electron chi connectivity index (χ0n) is 11.8. The second kappa shape index (κ2) is 7.93. The minimum atomic E-state index is -0.788. The van der Waals surface area contributed by atoms with Crippen LogP contribution in [0, 0.1) is 0 Å². The summed E-state index contributed by atoms with van der Waals surface area (Å²) in [5, 5.41) is 6.28. The van der Waals surface area contributed by atoms with Crippen LogP contribution in [0.4, 0.5) is 0 Å². The summed E-state index contributed by atoms with van der Waals surface area (Å²) in [4.78, 5) is 22.9. The number of hydrogen-bond acceptors (Lipinski definition) is 4. The van der Waals surface area contributed by atoms with E-state index < -0.39 is 11.8 Å². The predicted molar refractivity (Wildman–Crippen MR) is 76.6 cm³/mol. The van der Waals surface area contributed by atoms with E-state index in [0.29, 0.717) is 5.75 Å². The molecule has 2 amide bonds. The molecule has 1 atom stereocenters. The van der Waals surface area contributed by atoms with Gasteiger partial charge in [0.1, 0.15) is 5.75 Å². The number of nitrogens with zero attached hydrogens (tertiary/aromatic N) is 1. The number of benzene rings is 1. The minimum Gasteiger partial charge on any atom is -0.497 e. The fraction of sp³-hybridized carbons (Fsp3) is 0.357. The van der Waals surface area contributed by atoms with Crippen LogP contribution in [0.1, 0.15) is 25.8 Å². The molecule has 0 aliphatic heterocycles. The quantitative estimate of drug-likeness (QED) is 0.480. The number of carbonyl (C=O) groups is 2. The van der Waals surface area contributed by atoms with Crippen LogP contribution in [0.25, 0.3) is 0 Å². The summed E-state index contributed by atoms with van der Waals surface area (Å²) < 4.78 is 5.06. The number of ether oxygens (including phenoxy) is 1. The smallest absolute Gasteiger partial charge is 0.329 e. The van der Waals surface area contributed by atoms with E-state index in [1.807, 2.05) is 13.8 Å². The lowest BCUT2D eigenvalue weighted by Gasteiger charge is -2.09. The fourth-order valence-corrected chi connectivity index (χ4v) is 1.33. The average molecular weight is 277 g/mol. The molecule has 0 aliphatic rings. The molecule has 1 rings (SSSR count). The predicted octanol–water partition coefficient (Wildman–Crippen LogP) is 1.06. The molecule has 0 fully saturated rings. The van der Waals surface area contributed by atoms with Crippen LogP contribution in [0.15, 0.2) is 29.4 Å². The molecule has 0 saturated carbocycles. The molecular formula is C14H19N3O3. The molecule has 6 nitrogen and oxygen atoms in total. The summed E-state index contributed by atoms with van der Waals surface area (Å²) >= 11 is 0. The van der Waals surface area contributed by atoms with Crippen LogP contribution in [0.3, 0.4) is 0 Å². The van der Waals surface area contributed by atoms with Gasteiger partial charge in [-0.05, 0) is 31.0 Å². The number of amides is 2. The van der Waals surface area contributed by atoms with Crippen LogP contribution in [0.5, 0.6) is 5.75 Å². The molecule has 0 saturated heterocycles. The molecule has 0 bridgehead atoms. The maximum Gasteiger partial charge on any atom is 0.329 e. The van der Waals surface area contributed by atoms with Gasteiger partial charge < -0.3 is 10.1 Å². The van der Waals surface area contributed by atoms with Crippen molar-refractivity contribution < 1.29 is 14.3 Å². The summed E-state index contributed by atoms with van der Waals surface area (Å²) in [5.74, 6) is -0.790. The van der Waals surface area contributed by atoms with Crippen molar-refractivity contribution in [3.8, 4) is 5.75 Å². The van der Waals surface area contributed by atoms with Crippen LogP contribution in [0.2, 0.25) is 0 Å². The van der Waals surface area contributed by atoms with Gasteiger partial charge in [-0.2, -0.15) is 5.10 Å². The number of hydrogen-bond donors (Lipinski definition) is 2. The fourth-order valence-electron chi connectivity index (χ4n) is 1.33. The Morgan fingerprint density at radius 3 is 2.80 bits per heavy atom. The van der Waals surface area contributed by atoms with E-state index in [0.717, 1.165) is 12.0 Å². The van der Waals surface area contributed by atoms with E-state index in [9.17, 15) is 9.59 Å². The second-order valence-electron chi connectivity index (χ2n) is 4.26. The zero-order chi connectivity index (χ0) is 15.0. The molecule has 0 spiro atoms. The van der Waals surface area contributed by atoms with Gasteiger partial charge in [0.05, 0.1) is 13.3 Å². The Hall–Kier alpha value is -2.37. The van der Waals surface area contributed by atoms with E-state index in [4.69, 9.17) is 4.74 Å². The standard InChI is InChI=1S/C14H19N3O3/c1-4-10(2)16-13(18)14(19)17-15-9-11-6-5-7-12(8-11)20-3/h5-10H,4H2,1-3H3,(H,16,18)(H,17,19)/b15-9-/t10-/m1/s1. The maximum atomic E-state index is 11.4. The normalized spacial score (nSPS) is 11.9. The van der Waals surface area contributed by atoms with Gasteiger partial charge in [-0.1, -0.05) is 19.1 Å². The summed E-state index contributed by atoms with van der Waals surface area (Å²) in [6, 6.07) is 7.12. The van der Waals surface area contributed by atoms with Crippen molar-refractivity contribution in [2.45, 2.75) is 26.3 Å². The third-order valence-corrected chi connectivity index (χ3v) is 2.67. The summed E-state index contributed by atoms with van der Waals surface area (Å²) in [6.45, 7) is 3.74. The first-order chi connectivity index (χ1) is 9.56. The van der Waals surface area contributed by atoms with Gasteiger partial charge in [0.25, 0.3) is 0 Å². The molecule has 1 aromatic rings. The molecule has 1 aromatic carbocycles. The van der Waals surface area contributed by atoms with E-state index in [2.05, 4.69) is 15.8 Å². The molecule has 2 N–H and O–H groups in total. The first-order valence-electron chi connectivity index (χ1n) is 6.34. The van der Waals surface area contributed by atoms with Crippen LogP contribution in [-0.4, -0.2) is 31.2 Å². The van der Waals surface area contributed by atoms with Gasteiger partial charge in [-0.15, -0.1) is 0 Å². The van der Waals surface area contributed by atoms with Crippen molar-refractivity contribution in [2.24, 2.45) is 5.10 Å². The third kappa shape index (κ3) is 5.09. The number of methoxy groups -OCH3 is 1. The topological polar surface area (TPSA) is 79.8 Å². The van der Waals surface area contributed by atoms with Gasteiger partial charge in [0.2, 0.25) is 0 Å². The summed E-state index contributed by atoms with van der Waals surface area (Å²) in [6.07, 6.45) is 2.20. The second-order valence-corrected chi connectivity index (χ2v) is 4.26. The molecule has 0 unspecified atom stereocenters. The number of carbonyl (C=O) groups excluding carboxylic acids is 2. The van der Waals surface area contributed by atoms with Crippen LogP contribution in [-0.2, 0) is 9.59 Å². The Bertz CT molecular complexity index is 500. The number of nitrogens with one attached hydrogen (secondary N) is 2. The Balaban J connectivity index is 2.51. The van der Waals surface area contributed by atoms with Crippen molar-refractivity contribution in [2.75, 3.05) is 7.11 Å². The van der Waals surface area contributed by atoms with Gasteiger partial charge in [0.15, 0.2) is 0 Å². The summed E-state index contributed by atoms with van der Waals surface area (Å²) in [5.41, 5.74) is 2.93. The SMILES string of the molecule is CC[C@@H](C)NC(=O)C(=O)N/N=C\c1cccc(OC)c1. The average Bonchev–Trinajstić information content (AvgIpc) is 2.47. The van der Waals surface area contributed by atoms with Crippen molar-refractivity contribution >= 4 is 18.0 Å². The highest BCUT2D eigenvalue weighted by Gasteiger charge is 2.14. The van der Waals surface area contributed by atoms with E-state index in [1.54, 1.807) is 31.4 Å². The molecule has 0 radical (unpaired) electrons. The Labute approximate surface area is 118 Å². The molecule has 0 aromatic heterocycles. The molecule has 108 valence electrons. The highest BCUT2D eigenvalue weighted by molar-refractivity contribution is 6.35. The van der Waals surface area contributed by atoms with Crippen molar-refractivity contribution in [1.82, 2.24) is 10.7 Å². The van der Waals surface area contributed by atoms with Crippen molar-refractivity contribution in [3.63, 3.8) is 0 Å². The Morgan fingerprint density at radius 2 is 2.15 bits per heavy atom. The molecule has 20 heavy (non-hydrogen) atoms. The first kappa shape index (κ1) is 15.7. The molecule has 0 heterocycles. The van der Waals surface area contributed by atoms with Crippen molar-refractivity contribution in [1.29, 1.82) is 0 Å².